The van der Waals surface area contributed by atoms with E-state index in [0.717, 1.165) is 23.7 Å². The van der Waals surface area contributed by atoms with E-state index in [4.69, 9.17) is 0 Å². The maximum Gasteiger partial charge on any atom is 0.270 e. The van der Waals surface area contributed by atoms with Gasteiger partial charge in [-0.25, -0.2) is 0 Å². The fourth-order valence-electron chi connectivity index (χ4n) is 1.48. The van der Waals surface area contributed by atoms with Gasteiger partial charge in [0, 0.05) is 29.6 Å². The maximum atomic E-state index is 11.9. The number of hydrogen-bond donors (Lipinski definition) is 1. The number of alkyl halides is 1. The standard InChI is InChI=1S/C12H15BrN2O3/c1-9-4-5-10(15(17)18)8-11(9)12(16)14-7-3-2-6-13/h4-5,8H,2-3,6-7H2,1H3,(H,14,16). The molecule has 1 aromatic carbocycles. The number of nitro groups is 1. The minimum absolute atomic E-state index is 0.0637. The summed E-state index contributed by atoms with van der Waals surface area (Å²) >= 11 is 3.31. The van der Waals surface area contributed by atoms with Crippen molar-refractivity contribution in [3.05, 3.63) is 39.4 Å². The summed E-state index contributed by atoms with van der Waals surface area (Å²) in [6.07, 6.45) is 1.86. The van der Waals surface area contributed by atoms with Gasteiger partial charge >= 0.3 is 0 Å². The molecule has 0 atom stereocenters. The second-order valence-corrected chi connectivity index (χ2v) is 4.70. The normalized spacial score (nSPS) is 10.1. The molecule has 1 aromatic rings. The molecule has 1 rings (SSSR count). The van der Waals surface area contributed by atoms with Crippen LogP contribution in [0.25, 0.3) is 0 Å². The number of nitro benzene ring substituents is 1. The van der Waals surface area contributed by atoms with Gasteiger partial charge in [0.05, 0.1) is 4.92 Å². The number of non-ortho nitro benzene ring substituents is 1. The minimum atomic E-state index is -0.499. The maximum absolute atomic E-state index is 11.9. The number of nitrogens with zero attached hydrogens (tertiary/aromatic N) is 1. The lowest BCUT2D eigenvalue weighted by molar-refractivity contribution is -0.384. The van der Waals surface area contributed by atoms with Gasteiger partial charge in [-0.05, 0) is 25.3 Å². The first-order valence-corrected chi connectivity index (χ1v) is 6.77. The Bertz CT molecular complexity index is 449. The average molecular weight is 315 g/mol. The Morgan fingerprint density at radius 1 is 1.44 bits per heavy atom. The molecule has 98 valence electrons. The van der Waals surface area contributed by atoms with Crippen molar-refractivity contribution in [2.24, 2.45) is 0 Å². The van der Waals surface area contributed by atoms with Gasteiger partial charge in [-0.3, -0.25) is 14.9 Å². The third-order valence-corrected chi connectivity index (χ3v) is 3.08. The lowest BCUT2D eigenvalue weighted by Gasteiger charge is -2.07. The minimum Gasteiger partial charge on any atom is -0.352 e. The molecular formula is C12H15BrN2O3. The van der Waals surface area contributed by atoms with Crippen LogP contribution >= 0.6 is 15.9 Å². The van der Waals surface area contributed by atoms with Crippen molar-refractivity contribution >= 4 is 27.5 Å². The SMILES string of the molecule is Cc1ccc([N+](=O)[O-])cc1C(=O)NCCCCBr. The molecule has 1 amide bonds. The van der Waals surface area contributed by atoms with E-state index in [-0.39, 0.29) is 11.6 Å². The van der Waals surface area contributed by atoms with Gasteiger partial charge < -0.3 is 5.32 Å². The van der Waals surface area contributed by atoms with Gasteiger partial charge in [0.15, 0.2) is 0 Å². The zero-order valence-corrected chi connectivity index (χ0v) is 11.7. The van der Waals surface area contributed by atoms with E-state index in [1.165, 1.54) is 12.1 Å². The molecule has 0 radical (unpaired) electrons. The summed E-state index contributed by atoms with van der Waals surface area (Å²) < 4.78 is 0. The molecule has 0 aliphatic rings. The van der Waals surface area contributed by atoms with E-state index in [1.807, 2.05) is 0 Å². The van der Waals surface area contributed by atoms with Crippen LogP contribution in [-0.4, -0.2) is 22.7 Å². The fourth-order valence-corrected chi connectivity index (χ4v) is 1.88. The van der Waals surface area contributed by atoms with E-state index in [2.05, 4.69) is 21.2 Å². The number of unbranched alkanes of at least 4 members (excludes halogenated alkanes) is 1. The van der Waals surface area contributed by atoms with Crippen LogP contribution in [0.4, 0.5) is 5.69 Å². The number of aryl methyl sites for hydroxylation is 1. The van der Waals surface area contributed by atoms with Gasteiger partial charge in [-0.15, -0.1) is 0 Å². The summed E-state index contributed by atoms with van der Waals surface area (Å²) in [6, 6.07) is 4.30. The summed E-state index contributed by atoms with van der Waals surface area (Å²) in [5.41, 5.74) is 1.04. The second-order valence-electron chi connectivity index (χ2n) is 3.91. The Labute approximate surface area is 114 Å². The molecule has 18 heavy (non-hydrogen) atoms. The lowest BCUT2D eigenvalue weighted by Crippen LogP contribution is -2.25. The molecule has 0 aliphatic carbocycles. The van der Waals surface area contributed by atoms with Crippen LogP contribution in [0.5, 0.6) is 0 Å². The number of nitrogens with one attached hydrogen (secondary N) is 1. The molecule has 0 spiro atoms. The average Bonchev–Trinajstić information content (AvgIpc) is 2.34. The van der Waals surface area contributed by atoms with Crippen molar-refractivity contribution in [2.45, 2.75) is 19.8 Å². The van der Waals surface area contributed by atoms with Crippen LogP contribution in [-0.2, 0) is 0 Å². The van der Waals surface area contributed by atoms with Crippen molar-refractivity contribution in [1.29, 1.82) is 0 Å². The molecule has 0 fully saturated rings. The van der Waals surface area contributed by atoms with Crippen LogP contribution in [0.15, 0.2) is 18.2 Å². The highest BCUT2D eigenvalue weighted by Gasteiger charge is 2.13. The molecule has 0 aromatic heterocycles. The van der Waals surface area contributed by atoms with Crippen molar-refractivity contribution in [3.63, 3.8) is 0 Å². The molecular weight excluding hydrogens is 300 g/mol. The van der Waals surface area contributed by atoms with Crippen molar-refractivity contribution < 1.29 is 9.72 Å². The number of carbonyl (C=O) groups is 1. The number of halogens is 1. The van der Waals surface area contributed by atoms with E-state index in [1.54, 1.807) is 13.0 Å². The molecule has 0 aliphatic heterocycles. The predicted molar refractivity (Wildman–Crippen MR) is 73.2 cm³/mol. The third-order valence-electron chi connectivity index (χ3n) is 2.52. The number of rotatable bonds is 6. The van der Waals surface area contributed by atoms with Crippen LogP contribution in [0.3, 0.4) is 0 Å². The smallest absolute Gasteiger partial charge is 0.270 e. The van der Waals surface area contributed by atoms with E-state index < -0.39 is 4.92 Å². The molecule has 5 nitrogen and oxygen atoms in total. The number of carbonyl (C=O) groups excluding carboxylic acids is 1. The van der Waals surface area contributed by atoms with Crippen LogP contribution in [0, 0.1) is 17.0 Å². The Kier molecular flexibility index (Phi) is 5.77. The van der Waals surface area contributed by atoms with Crippen molar-refractivity contribution in [3.8, 4) is 0 Å². The Morgan fingerprint density at radius 2 is 2.17 bits per heavy atom. The van der Waals surface area contributed by atoms with Crippen molar-refractivity contribution in [2.75, 3.05) is 11.9 Å². The Balaban J connectivity index is 2.72. The summed E-state index contributed by atoms with van der Waals surface area (Å²) in [6.45, 7) is 2.34. The number of benzene rings is 1. The van der Waals surface area contributed by atoms with E-state index in [9.17, 15) is 14.9 Å². The molecule has 0 saturated carbocycles. The topological polar surface area (TPSA) is 72.2 Å². The van der Waals surface area contributed by atoms with Gasteiger partial charge in [0.2, 0.25) is 0 Å². The molecule has 0 bridgehead atoms. The zero-order valence-electron chi connectivity index (χ0n) is 10.1. The first-order valence-electron chi connectivity index (χ1n) is 5.65. The second kappa shape index (κ2) is 7.10. The van der Waals surface area contributed by atoms with Gasteiger partial charge in [0.25, 0.3) is 11.6 Å². The largest absolute Gasteiger partial charge is 0.352 e. The number of amides is 1. The van der Waals surface area contributed by atoms with Crippen LogP contribution in [0.1, 0.15) is 28.8 Å². The van der Waals surface area contributed by atoms with Crippen LogP contribution < -0.4 is 5.32 Å². The molecule has 1 N–H and O–H groups in total. The monoisotopic (exact) mass is 314 g/mol. The summed E-state index contributed by atoms with van der Waals surface area (Å²) in [7, 11) is 0. The highest BCUT2D eigenvalue weighted by Crippen LogP contribution is 2.17. The molecule has 0 heterocycles. The summed E-state index contributed by atoms with van der Waals surface area (Å²) in [5.74, 6) is -0.259. The highest BCUT2D eigenvalue weighted by atomic mass is 79.9. The third kappa shape index (κ3) is 4.10. The predicted octanol–water partition coefficient (Wildman–Crippen LogP) is 2.81. The summed E-state index contributed by atoms with van der Waals surface area (Å²) in [4.78, 5) is 22.0. The van der Waals surface area contributed by atoms with Crippen molar-refractivity contribution in [1.82, 2.24) is 5.32 Å². The van der Waals surface area contributed by atoms with Gasteiger partial charge in [-0.2, -0.15) is 0 Å². The molecule has 6 heteroatoms. The highest BCUT2D eigenvalue weighted by molar-refractivity contribution is 9.09. The lowest BCUT2D eigenvalue weighted by atomic mass is 10.1. The fraction of sp³-hybridized carbons (Fsp3) is 0.417. The Hall–Kier alpha value is -1.43. The number of hydrogen-bond acceptors (Lipinski definition) is 3. The van der Waals surface area contributed by atoms with Crippen LogP contribution in [0.2, 0.25) is 0 Å². The van der Waals surface area contributed by atoms with Gasteiger partial charge in [-0.1, -0.05) is 22.0 Å². The quantitative estimate of drug-likeness (QED) is 0.380. The molecule has 0 unspecified atom stereocenters. The molecule has 0 saturated heterocycles. The Morgan fingerprint density at radius 3 is 2.78 bits per heavy atom. The zero-order chi connectivity index (χ0) is 13.5. The first-order chi connectivity index (χ1) is 8.56. The summed E-state index contributed by atoms with van der Waals surface area (Å²) in [5, 5.41) is 14.3. The van der Waals surface area contributed by atoms with E-state index in [0.29, 0.717) is 12.1 Å². The van der Waals surface area contributed by atoms with Gasteiger partial charge in [0.1, 0.15) is 0 Å². The first kappa shape index (κ1) is 14.6. The van der Waals surface area contributed by atoms with E-state index >= 15 is 0 Å².